The van der Waals surface area contributed by atoms with E-state index in [1.807, 2.05) is 0 Å². The van der Waals surface area contributed by atoms with E-state index in [0.717, 1.165) is 12.2 Å². The zero-order valence-electron chi connectivity index (χ0n) is 17.5. The van der Waals surface area contributed by atoms with Gasteiger partial charge in [-0.05, 0) is 48.9 Å². The summed E-state index contributed by atoms with van der Waals surface area (Å²) in [6.07, 6.45) is 2.27. The largest absolute Gasteiger partial charge is 0.532 e. The van der Waals surface area contributed by atoms with Crippen LogP contribution in [0, 0.1) is 0 Å². The van der Waals surface area contributed by atoms with Crippen molar-refractivity contribution in [2.24, 2.45) is 0 Å². The van der Waals surface area contributed by atoms with E-state index in [-0.39, 0.29) is 5.60 Å². The van der Waals surface area contributed by atoms with Crippen LogP contribution in [0.25, 0.3) is 0 Å². The van der Waals surface area contributed by atoms with Gasteiger partial charge in [0.05, 0.1) is 5.60 Å². The average molecular weight is 418 g/mol. The minimum atomic E-state index is -1.65. The van der Waals surface area contributed by atoms with Crippen LogP contribution >= 0.6 is 0 Å². The van der Waals surface area contributed by atoms with Crippen molar-refractivity contribution >= 4 is 27.7 Å². The fourth-order valence-electron chi connectivity index (χ4n) is 4.32. The van der Waals surface area contributed by atoms with Crippen LogP contribution in [-0.2, 0) is 10.0 Å². The normalized spacial score (nSPS) is 21.1. The molecule has 1 atom stereocenters. The number of rotatable bonds is 5. The van der Waals surface area contributed by atoms with E-state index in [1.54, 1.807) is 0 Å². The quantitative estimate of drug-likeness (QED) is 0.538. The molecule has 1 fully saturated rings. The second-order valence-corrected chi connectivity index (χ2v) is 14.8. The van der Waals surface area contributed by atoms with Crippen LogP contribution in [0.3, 0.4) is 0 Å². The summed E-state index contributed by atoms with van der Waals surface area (Å²) in [5.74, 6) is 0.961. The van der Waals surface area contributed by atoms with Crippen LogP contribution in [0.1, 0.15) is 25.3 Å². The van der Waals surface area contributed by atoms with Gasteiger partial charge in [0, 0.05) is 5.56 Å². The Hall–Kier alpha value is -2.15. The summed E-state index contributed by atoms with van der Waals surface area (Å²) in [7, 11) is -3.06. The summed E-state index contributed by atoms with van der Waals surface area (Å²) in [6, 6.07) is 30.9. The molecule has 0 amide bonds. The summed E-state index contributed by atoms with van der Waals surface area (Å²) in [4.78, 5) is 0. The molecule has 2 nitrogen and oxygen atoms in total. The molecule has 1 heterocycles. The maximum atomic E-state index is 6.84. The Bertz CT molecular complexity index is 904. The van der Waals surface area contributed by atoms with Gasteiger partial charge < -0.3 is 8.85 Å². The molecule has 1 aliphatic heterocycles. The van der Waals surface area contributed by atoms with Gasteiger partial charge in [0.1, 0.15) is 5.75 Å². The van der Waals surface area contributed by atoms with Crippen molar-refractivity contribution in [3.63, 3.8) is 0 Å². The molecule has 4 rings (SSSR count). The highest BCUT2D eigenvalue weighted by atomic mass is 28.4. The summed E-state index contributed by atoms with van der Waals surface area (Å²) in [5.41, 5.74) is 0.917. The number of hydrogen-bond donors (Lipinski definition) is 0. The third-order valence-electron chi connectivity index (χ3n) is 5.68. The molecular formula is C25H29O2Si2. The van der Waals surface area contributed by atoms with Crippen molar-refractivity contribution in [3.05, 3.63) is 90.5 Å². The Morgan fingerprint density at radius 2 is 1.38 bits per heavy atom. The molecule has 1 saturated heterocycles. The van der Waals surface area contributed by atoms with Crippen LogP contribution < -0.4 is 14.8 Å². The lowest BCUT2D eigenvalue weighted by Crippen LogP contribution is -2.48. The Morgan fingerprint density at radius 1 is 0.828 bits per heavy atom. The Balaban J connectivity index is 1.73. The Kier molecular flexibility index (Phi) is 5.77. The lowest BCUT2D eigenvalue weighted by atomic mass is 9.90. The fourth-order valence-corrected chi connectivity index (χ4v) is 8.84. The molecule has 149 valence electrons. The average Bonchev–Trinajstić information content (AvgIpc) is 2.72. The molecule has 0 aliphatic carbocycles. The standard InChI is InChI=1S/C25H29O2Si2/c1-25(19-12-20-29(2,3)27-25)23-17-10-11-18-24(23)26-28(21-13-6-4-7-14-21)22-15-8-5-9-16-22/h4-11,13-18H,12,19-20H2,1-3H3. The van der Waals surface area contributed by atoms with Crippen LogP contribution in [0.2, 0.25) is 19.1 Å². The fraction of sp³-hybridized carbons (Fsp3) is 0.280. The lowest BCUT2D eigenvalue weighted by molar-refractivity contribution is 0.0486. The van der Waals surface area contributed by atoms with Crippen molar-refractivity contribution in [2.75, 3.05) is 0 Å². The van der Waals surface area contributed by atoms with Gasteiger partial charge in [0.15, 0.2) is 8.32 Å². The first-order valence-electron chi connectivity index (χ1n) is 10.4. The van der Waals surface area contributed by atoms with Crippen molar-refractivity contribution in [1.29, 1.82) is 0 Å². The van der Waals surface area contributed by atoms with Crippen LogP contribution in [0.15, 0.2) is 84.9 Å². The topological polar surface area (TPSA) is 18.5 Å². The van der Waals surface area contributed by atoms with Gasteiger partial charge in [-0.15, -0.1) is 0 Å². The van der Waals surface area contributed by atoms with Crippen LogP contribution in [0.4, 0.5) is 0 Å². The molecule has 0 saturated carbocycles. The first kappa shape index (κ1) is 20.1. The lowest BCUT2D eigenvalue weighted by Gasteiger charge is -2.43. The smallest absolute Gasteiger partial charge is 0.352 e. The molecule has 0 bridgehead atoms. The summed E-state index contributed by atoms with van der Waals surface area (Å²) in [5, 5.41) is 2.51. The summed E-state index contributed by atoms with van der Waals surface area (Å²) in [6.45, 7) is 6.91. The van der Waals surface area contributed by atoms with Crippen LogP contribution in [-0.4, -0.2) is 17.4 Å². The molecular weight excluding hydrogens is 388 g/mol. The van der Waals surface area contributed by atoms with Crippen molar-refractivity contribution in [2.45, 2.75) is 44.5 Å². The number of para-hydroxylation sites is 1. The monoisotopic (exact) mass is 417 g/mol. The van der Waals surface area contributed by atoms with Crippen molar-refractivity contribution < 1.29 is 8.85 Å². The number of benzene rings is 3. The number of hydrogen-bond acceptors (Lipinski definition) is 2. The second-order valence-electron chi connectivity index (χ2n) is 8.61. The van der Waals surface area contributed by atoms with Crippen molar-refractivity contribution in [3.8, 4) is 5.75 Å². The summed E-state index contributed by atoms with van der Waals surface area (Å²) >= 11 is 0. The van der Waals surface area contributed by atoms with Crippen LogP contribution in [0.5, 0.6) is 5.75 Å². The highest BCUT2D eigenvalue weighted by molar-refractivity contribution is 6.80. The maximum absolute atomic E-state index is 6.84. The third kappa shape index (κ3) is 4.55. The molecule has 0 aromatic heterocycles. The van der Waals surface area contributed by atoms with E-state index in [4.69, 9.17) is 8.85 Å². The summed E-state index contributed by atoms with van der Waals surface area (Å²) < 4.78 is 13.6. The first-order valence-corrected chi connectivity index (χ1v) is 14.9. The maximum Gasteiger partial charge on any atom is 0.352 e. The van der Waals surface area contributed by atoms with Gasteiger partial charge in [-0.3, -0.25) is 0 Å². The highest BCUT2D eigenvalue weighted by Crippen LogP contribution is 2.43. The van der Waals surface area contributed by atoms with Gasteiger partial charge in [0.25, 0.3) is 0 Å². The Labute approximate surface area is 177 Å². The molecule has 1 radical (unpaired) electrons. The Morgan fingerprint density at radius 3 is 1.97 bits per heavy atom. The van der Waals surface area contributed by atoms with Gasteiger partial charge in [-0.25, -0.2) is 0 Å². The molecule has 0 N–H and O–H groups in total. The predicted octanol–water partition coefficient (Wildman–Crippen LogP) is 5.10. The van der Waals surface area contributed by atoms with Gasteiger partial charge in [-0.1, -0.05) is 85.3 Å². The van der Waals surface area contributed by atoms with Gasteiger partial charge in [-0.2, -0.15) is 0 Å². The minimum absolute atomic E-state index is 0.273. The van der Waals surface area contributed by atoms with Gasteiger partial charge >= 0.3 is 9.04 Å². The van der Waals surface area contributed by atoms with Crippen molar-refractivity contribution in [1.82, 2.24) is 0 Å². The SMILES string of the molecule is CC1(c2ccccc2O[Si](c2ccccc2)c2ccccc2)CCC[Si](C)(C)O1. The zero-order chi connectivity index (χ0) is 20.3. The van der Waals surface area contributed by atoms with E-state index in [0.29, 0.717) is 0 Å². The van der Waals surface area contributed by atoms with E-state index in [1.165, 1.54) is 28.4 Å². The third-order valence-corrected chi connectivity index (χ3v) is 10.4. The molecule has 1 aliphatic rings. The van der Waals surface area contributed by atoms with E-state index in [9.17, 15) is 0 Å². The molecule has 3 aromatic rings. The molecule has 4 heteroatoms. The van der Waals surface area contributed by atoms with E-state index >= 15 is 0 Å². The van der Waals surface area contributed by atoms with E-state index in [2.05, 4.69) is 105 Å². The first-order chi connectivity index (χ1) is 14.0. The zero-order valence-corrected chi connectivity index (χ0v) is 19.5. The predicted molar refractivity (Wildman–Crippen MR) is 125 cm³/mol. The minimum Gasteiger partial charge on any atom is -0.532 e. The van der Waals surface area contributed by atoms with Gasteiger partial charge in [0.2, 0.25) is 0 Å². The molecule has 0 spiro atoms. The highest BCUT2D eigenvalue weighted by Gasteiger charge is 2.41. The second kappa shape index (κ2) is 8.30. The molecule has 3 aromatic carbocycles. The van der Waals surface area contributed by atoms with E-state index < -0.39 is 17.4 Å². The molecule has 1 unspecified atom stereocenters. The molecule has 29 heavy (non-hydrogen) atoms.